The molecule has 29 heavy (non-hydrogen) atoms. The Kier molecular flexibility index (Phi) is 5.22. The van der Waals surface area contributed by atoms with E-state index in [-0.39, 0.29) is 11.7 Å². The molecular formula is C22H20N4O2S. The van der Waals surface area contributed by atoms with Crippen LogP contribution >= 0.6 is 11.3 Å². The first-order valence-electron chi connectivity index (χ1n) is 9.34. The number of nitrogens with one attached hydrogen (secondary N) is 1. The third kappa shape index (κ3) is 3.82. The topological polar surface area (TPSA) is 76.4 Å². The molecule has 0 saturated heterocycles. The molecule has 0 unspecified atom stereocenters. The maximum atomic E-state index is 12.8. The van der Waals surface area contributed by atoms with Crippen molar-refractivity contribution in [2.45, 2.75) is 13.8 Å². The van der Waals surface area contributed by atoms with E-state index in [0.29, 0.717) is 34.1 Å². The smallest absolute Gasteiger partial charge is 0.251 e. The van der Waals surface area contributed by atoms with Crippen molar-refractivity contribution < 1.29 is 9.59 Å². The van der Waals surface area contributed by atoms with Crippen LogP contribution in [0.1, 0.15) is 39.4 Å². The van der Waals surface area contributed by atoms with Gasteiger partial charge >= 0.3 is 0 Å². The Morgan fingerprint density at radius 3 is 2.79 bits per heavy atom. The lowest BCUT2D eigenvalue weighted by Gasteiger charge is -2.09. The van der Waals surface area contributed by atoms with Crippen LogP contribution in [-0.4, -0.2) is 32.8 Å². The molecule has 4 rings (SSSR count). The van der Waals surface area contributed by atoms with Crippen molar-refractivity contribution in [3.63, 3.8) is 0 Å². The van der Waals surface area contributed by atoms with Gasteiger partial charge in [-0.05, 0) is 35.6 Å². The maximum absolute atomic E-state index is 12.8. The highest BCUT2D eigenvalue weighted by molar-refractivity contribution is 7.12. The van der Waals surface area contributed by atoms with Crippen LogP contribution in [0.15, 0.2) is 60.2 Å². The minimum absolute atomic E-state index is 0.0959. The fourth-order valence-corrected chi connectivity index (χ4v) is 3.71. The normalized spacial score (nSPS) is 11.1. The van der Waals surface area contributed by atoms with E-state index in [2.05, 4.69) is 29.2 Å². The van der Waals surface area contributed by atoms with Crippen LogP contribution in [0, 0.1) is 5.92 Å². The third-order valence-electron chi connectivity index (χ3n) is 4.48. The number of rotatable bonds is 6. The molecule has 0 spiro atoms. The van der Waals surface area contributed by atoms with Gasteiger partial charge in [-0.3, -0.25) is 9.59 Å². The first-order valence-corrected chi connectivity index (χ1v) is 10.2. The summed E-state index contributed by atoms with van der Waals surface area (Å²) >= 11 is 1.39. The summed E-state index contributed by atoms with van der Waals surface area (Å²) < 4.78 is 1.64. The van der Waals surface area contributed by atoms with Crippen LogP contribution in [0.5, 0.6) is 0 Å². The van der Waals surface area contributed by atoms with Crippen molar-refractivity contribution in [2.24, 2.45) is 5.92 Å². The maximum Gasteiger partial charge on any atom is 0.251 e. The Morgan fingerprint density at radius 1 is 1.17 bits per heavy atom. The lowest BCUT2D eigenvalue weighted by molar-refractivity contribution is 0.0948. The minimum Gasteiger partial charge on any atom is -0.352 e. The largest absolute Gasteiger partial charge is 0.352 e. The zero-order valence-electron chi connectivity index (χ0n) is 16.1. The van der Waals surface area contributed by atoms with Gasteiger partial charge in [-0.1, -0.05) is 32.0 Å². The molecule has 146 valence electrons. The number of ketones is 1. The molecule has 0 bridgehead atoms. The highest BCUT2D eigenvalue weighted by Gasteiger charge is 2.18. The first kappa shape index (κ1) is 19.0. The molecule has 1 amide bonds. The van der Waals surface area contributed by atoms with E-state index in [1.165, 1.54) is 11.3 Å². The third-order valence-corrected chi connectivity index (χ3v) is 5.35. The molecule has 4 aromatic rings. The molecule has 0 aliphatic carbocycles. The van der Waals surface area contributed by atoms with Crippen LogP contribution in [-0.2, 0) is 0 Å². The second-order valence-corrected chi connectivity index (χ2v) is 8.06. The van der Waals surface area contributed by atoms with Gasteiger partial charge < -0.3 is 5.32 Å². The lowest BCUT2D eigenvalue weighted by Crippen LogP contribution is -2.27. The molecule has 0 saturated carbocycles. The van der Waals surface area contributed by atoms with Crippen molar-refractivity contribution in [1.29, 1.82) is 0 Å². The molecule has 0 aliphatic heterocycles. The summed E-state index contributed by atoms with van der Waals surface area (Å²) in [4.78, 5) is 30.2. The monoisotopic (exact) mass is 404 g/mol. The average molecular weight is 404 g/mol. The summed E-state index contributed by atoms with van der Waals surface area (Å²) in [5.74, 6) is 0.173. The second kappa shape index (κ2) is 7.97. The highest BCUT2D eigenvalue weighted by atomic mass is 32.1. The van der Waals surface area contributed by atoms with Gasteiger partial charge in [-0.2, -0.15) is 5.10 Å². The molecule has 0 fully saturated rings. The molecule has 0 aliphatic rings. The Hall–Kier alpha value is -3.32. The molecule has 1 aromatic carbocycles. The summed E-state index contributed by atoms with van der Waals surface area (Å²) in [5.41, 5.74) is 3.12. The molecule has 0 atom stereocenters. The Labute approximate surface area is 172 Å². The Bertz CT molecular complexity index is 1180. The SMILES string of the molecule is CC(C)CNC(=O)c1cccc(-c2ccnc3c(C(=O)c4cccs4)cnn23)c1. The minimum atomic E-state index is -0.111. The van der Waals surface area contributed by atoms with Crippen molar-refractivity contribution in [3.8, 4) is 11.3 Å². The Morgan fingerprint density at radius 2 is 2.03 bits per heavy atom. The number of carbonyl (C=O) groups excluding carboxylic acids is 2. The first-order chi connectivity index (χ1) is 14.0. The number of benzene rings is 1. The fraction of sp³-hybridized carbons (Fsp3) is 0.182. The van der Waals surface area contributed by atoms with Gasteiger partial charge in [0.2, 0.25) is 5.78 Å². The Balaban J connectivity index is 1.71. The summed E-state index contributed by atoms with van der Waals surface area (Å²) in [7, 11) is 0. The number of hydrogen-bond acceptors (Lipinski definition) is 5. The molecule has 1 N–H and O–H groups in total. The van der Waals surface area contributed by atoms with Crippen molar-refractivity contribution in [1.82, 2.24) is 19.9 Å². The molecule has 0 radical (unpaired) electrons. The number of aromatic nitrogens is 3. The van der Waals surface area contributed by atoms with Crippen molar-refractivity contribution >= 4 is 28.7 Å². The van der Waals surface area contributed by atoms with Gasteiger partial charge in [0, 0.05) is 23.9 Å². The summed E-state index contributed by atoms with van der Waals surface area (Å²) in [5, 5.41) is 9.20. The number of fused-ring (bicyclic) bond motifs is 1. The van der Waals surface area contributed by atoms with Gasteiger partial charge in [0.15, 0.2) is 5.65 Å². The number of nitrogens with zero attached hydrogens (tertiary/aromatic N) is 3. The van der Waals surface area contributed by atoms with Crippen molar-refractivity contribution in [3.05, 3.63) is 76.2 Å². The van der Waals surface area contributed by atoms with E-state index >= 15 is 0 Å². The average Bonchev–Trinajstić information content (AvgIpc) is 3.41. The van der Waals surface area contributed by atoms with Gasteiger partial charge in [0.1, 0.15) is 0 Å². The summed E-state index contributed by atoms with van der Waals surface area (Å²) in [6.07, 6.45) is 3.20. The zero-order chi connectivity index (χ0) is 20.4. The zero-order valence-corrected chi connectivity index (χ0v) is 16.9. The van der Waals surface area contributed by atoms with E-state index in [4.69, 9.17) is 0 Å². The lowest BCUT2D eigenvalue weighted by atomic mass is 10.1. The van der Waals surface area contributed by atoms with E-state index in [0.717, 1.165) is 11.3 Å². The standard InChI is InChI=1S/C22H20N4O2S/c1-14(2)12-24-22(28)16-6-3-5-15(11-16)18-8-9-23-21-17(13-25-26(18)21)20(27)19-7-4-10-29-19/h3-11,13-14H,12H2,1-2H3,(H,24,28). The number of thiophene rings is 1. The van der Waals surface area contributed by atoms with Crippen LogP contribution in [0.4, 0.5) is 0 Å². The fourth-order valence-electron chi connectivity index (χ4n) is 3.03. The highest BCUT2D eigenvalue weighted by Crippen LogP contribution is 2.24. The van der Waals surface area contributed by atoms with Gasteiger partial charge in [0.05, 0.1) is 22.3 Å². The number of carbonyl (C=O) groups is 2. The second-order valence-electron chi connectivity index (χ2n) is 7.11. The van der Waals surface area contributed by atoms with Gasteiger partial charge in [-0.15, -0.1) is 11.3 Å². The molecule has 7 heteroatoms. The quantitative estimate of drug-likeness (QED) is 0.492. The molecule has 3 aromatic heterocycles. The molecular weight excluding hydrogens is 384 g/mol. The molecule has 3 heterocycles. The number of amides is 1. The van der Waals surface area contributed by atoms with E-state index < -0.39 is 0 Å². The summed E-state index contributed by atoms with van der Waals surface area (Å²) in [6.45, 7) is 4.73. The predicted octanol–water partition coefficient (Wildman–Crippen LogP) is 4.07. The van der Waals surface area contributed by atoms with Crippen molar-refractivity contribution in [2.75, 3.05) is 6.54 Å². The predicted molar refractivity (Wildman–Crippen MR) is 113 cm³/mol. The van der Waals surface area contributed by atoms with Crippen LogP contribution in [0.25, 0.3) is 16.9 Å². The van der Waals surface area contributed by atoms with Crippen LogP contribution < -0.4 is 5.32 Å². The van der Waals surface area contributed by atoms with Gasteiger partial charge in [0.25, 0.3) is 5.91 Å². The van der Waals surface area contributed by atoms with Crippen LogP contribution in [0.2, 0.25) is 0 Å². The van der Waals surface area contributed by atoms with E-state index in [1.807, 2.05) is 35.7 Å². The summed E-state index contributed by atoms with van der Waals surface area (Å²) in [6, 6.07) is 12.8. The van der Waals surface area contributed by atoms with E-state index in [1.54, 1.807) is 29.0 Å². The van der Waals surface area contributed by atoms with Gasteiger partial charge in [-0.25, -0.2) is 9.50 Å². The number of hydrogen-bond donors (Lipinski definition) is 1. The van der Waals surface area contributed by atoms with E-state index in [9.17, 15) is 9.59 Å². The van der Waals surface area contributed by atoms with Crippen LogP contribution in [0.3, 0.4) is 0 Å². The molecule has 6 nitrogen and oxygen atoms in total.